The number of imide groups is 1. The Balaban J connectivity index is 1.76. The third-order valence-electron chi connectivity index (χ3n) is 3.30. The largest absolute Gasteiger partial charge is 0.404 e. The predicted octanol–water partition coefficient (Wildman–Crippen LogP) is 1.85. The number of aromatic nitrogens is 2. The zero-order valence-electron chi connectivity index (χ0n) is 11.1. The first-order valence-electron chi connectivity index (χ1n) is 6.31. The monoisotopic (exact) mass is 364 g/mol. The maximum atomic E-state index is 12.2. The molecule has 0 unspecified atom stereocenters. The van der Waals surface area contributed by atoms with Crippen LogP contribution in [0.25, 0.3) is 0 Å². The number of fused-ring (bicyclic) bond motifs is 1. The van der Waals surface area contributed by atoms with Crippen LogP contribution in [0.4, 0.5) is 5.82 Å². The SMILES string of the molecule is O=C1c2ccccc2C(=O)N1CCn1cc(Br)c([N+](=O)[O-])n1. The van der Waals surface area contributed by atoms with Crippen LogP contribution in [0.5, 0.6) is 0 Å². The number of hydrogen-bond acceptors (Lipinski definition) is 5. The summed E-state index contributed by atoms with van der Waals surface area (Å²) in [6.45, 7) is 0.273. The van der Waals surface area contributed by atoms with E-state index in [2.05, 4.69) is 21.0 Å². The molecule has 3 rings (SSSR count). The molecule has 0 radical (unpaired) electrons. The standard InChI is InChI=1S/C13H9BrN4O4/c14-10-7-16(15-11(10)18(21)22)5-6-17-12(19)8-3-1-2-4-9(8)13(17)20/h1-4,7H,5-6H2. The molecule has 2 amide bonds. The first kappa shape index (κ1) is 14.4. The Morgan fingerprint density at radius 2 is 1.73 bits per heavy atom. The van der Waals surface area contributed by atoms with E-state index < -0.39 is 4.92 Å². The summed E-state index contributed by atoms with van der Waals surface area (Å²) in [4.78, 5) is 35.6. The summed E-state index contributed by atoms with van der Waals surface area (Å²) < 4.78 is 1.58. The van der Waals surface area contributed by atoms with Gasteiger partial charge in [-0.05, 0) is 33.0 Å². The second-order valence-electron chi connectivity index (χ2n) is 4.63. The normalized spacial score (nSPS) is 13.6. The van der Waals surface area contributed by atoms with Gasteiger partial charge in [-0.15, -0.1) is 0 Å². The van der Waals surface area contributed by atoms with Crippen LogP contribution in [0, 0.1) is 10.1 Å². The van der Waals surface area contributed by atoms with E-state index in [1.165, 1.54) is 10.9 Å². The Morgan fingerprint density at radius 1 is 1.14 bits per heavy atom. The second-order valence-corrected chi connectivity index (χ2v) is 5.48. The molecule has 0 N–H and O–H groups in total. The highest BCUT2D eigenvalue weighted by molar-refractivity contribution is 9.10. The third-order valence-corrected chi connectivity index (χ3v) is 3.86. The van der Waals surface area contributed by atoms with E-state index in [-0.39, 0.29) is 35.2 Å². The molecule has 112 valence electrons. The van der Waals surface area contributed by atoms with Crippen LogP contribution in [0.1, 0.15) is 20.7 Å². The molecular formula is C13H9BrN4O4. The number of benzene rings is 1. The van der Waals surface area contributed by atoms with Crippen molar-refractivity contribution < 1.29 is 14.5 Å². The van der Waals surface area contributed by atoms with Gasteiger partial charge in [0, 0.05) is 0 Å². The Labute approximate surface area is 132 Å². The van der Waals surface area contributed by atoms with Crippen molar-refractivity contribution in [3.05, 3.63) is 56.2 Å². The molecule has 0 fully saturated rings. The van der Waals surface area contributed by atoms with E-state index in [1.54, 1.807) is 24.3 Å². The van der Waals surface area contributed by atoms with Gasteiger partial charge in [0.2, 0.25) is 0 Å². The summed E-state index contributed by atoms with van der Waals surface area (Å²) in [5.74, 6) is -1.02. The summed E-state index contributed by atoms with van der Waals surface area (Å²) in [6.07, 6.45) is 1.44. The van der Waals surface area contributed by atoms with Crippen LogP contribution in [0.2, 0.25) is 0 Å². The van der Waals surface area contributed by atoms with Crippen molar-refractivity contribution in [3.63, 3.8) is 0 Å². The van der Waals surface area contributed by atoms with Gasteiger partial charge < -0.3 is 10.1 Å². The molecule has 1 aromatic heterocycles. The Bertz CT molecular complexity index is 766. The average Bonchev–Trinajstić information content (AvgIpc) is 2.98. The number of rotatable bonds is 4. The number of carbonyl (C=O) groups is 2. The van der Waals surface area contributed by atoms with Gasteiger partial charge in [-0.2, -0.15) is 4.68 Å². The molecule has 1 aromatic carbocycles. The number of nitrogens with zero attached hydrogens (tertiary/aromatic N) is 4. The lowest BCUT2D eigenvalue weighted by Crippen LogP contribution is -2.33. The van der Waals surface area contributed by atoms with E-state index in [1.807, 2.05) is 0 Å². The summed E-state index contributed by atoms with van der Waals surface area (Å²) >= 11 is 3.05. The molecule has 8 nitrogen and oxygen atoms in total. The highest BCUT2D eigenvalue weighted by Crippen LogP contribution is 2.24. The molecule has 22 heavy (non-hydrogen) atoms. The molecule has 0 saturated carbocycles. The van der Waals surface area contributed by atoms with Crippen LogP contribution < -0.4 is 0 Å². The topological polar surface area (TPSA) is 98.3 Å². The van der Waals surface area contributed by atoms with Crippen LogP contribution in [-0.2, 0) is 6.54 Å². The average molecular weight is 365 g/mol. The summed E-state index contributed by atoms with van der Waals surface area (Å²) in [6, 6.07) is 6.60. The molecule has 1 aliphatic heterocycles. The number of amides is 2. The lowest BCUT2D eigenvalue weighted by atomic mass is 10.1. The molecule has 1 aliphatic rings. The van der Waals surface area contributed by atoms with E-state index >= 15 is 0 Å². The lowest BCUT2D eigenvalue weighted by Gasteiger charge is -2.12. The van der Waals surface area contributed by atoms with Gasteiger partial charge in [0.15, 0.2) is 0 Å². The zero-order valence-corrected chi connectivity index (χ0v) is 12.7. The molecule has 0 aliphatic carbocycles. The van der Waals surface area contributed by atoms with Gasteiger partial charge in [-0.1, -0.05) is 12.1 Å². The molecule has 0 bridgehead atoms. The van der Waals surface area contributed by atoms with Crippen molar-refractivity contribution in [3.8, 4) is 0 Å². The third kappa shape index (κ3) is 2.29. The molecule has 0 spiro atoms. The zero-order chi connectivity index (χ0) is 15.9. The highest BCUT2D eigenvalue weighted by Gasteiger charge is 2.35. The van der Waals surface area contributed by atoms with Crippen LogP contribution in [-0.4, -0.2) is 38.0 Å². The highest BCUT2D eigenvalue weighted by atomic mass is 79.9. The quantitative estimate of drug-likeness (QED) is 0.468. The van der Waals surface area contributed by atoms with Crippen molar-refractivity contribution in [1.82, 2.24) is 14.7 Å². The maximum absolute atomic E-state index is 12.2. The minimum Gasteiger partial charge on any atom is -0.358 e. The Kier molecular flexibility index (Phi) is 3.49. The molecule has 9 heteroatoms. The van der Waals surface area contributed by atoms with Crippen molar-refractivity contribution in [1.29, 1.82) is 0 Å². The van der Waals surface area contributed by atoms with Crippen LogP contribution in [0.3, 0.4) is 0 Å². The van der Waals surface area contributed by atoms with Crippen molar-refractivity contribution in [2.24, 2.45) is 0 Å². The first-order valence-corrected chi connectivity index (χ1v) is 7.11. The maximum Gasteiger partial charge on any atom is 0.404 e. The molecule has 2 aromatic rings. The predicted molar refractivity (Wildman–Crippen MR) is 78.4 cm³/mol. The van der Waals surface area contributed by atoms with Gasteiger partial charge in [0.1, 0.15) is 4.47 Å². The number of halogens is 1. The number of carbonyl (C=O) groups excluding carboxylic acids is 2. The fourth-order valence-corrected chi connectivity index (χ4v) is 2.73. The molecule has 0 atom stereocenters. The number of hydrogen-bond donors (Lipinski definition) is 0. The minimum atomic E-state index is -0.609. The second kappa shape index (κ2) is 5.34. The van der Waals surface area contributed by atoms with Crippen molar-refractivity contribution in [2.75, 3.05) is 6.54 Å². The van der Waals surface area contributed by atoms with E-state index in [0.29, 0.717) is 11.1 Å². The van der Waals surface area contributed by atoms with Crippen molar-refractivity contribution in [2.45, 2.75) is 6.54 Å². The fourth-order valence-electron chi connectivity index (χ4n) is 2.27. The van der Waals surface area contributed by atoms with Gasteiger partial charge in [0.25, 0.3) is 11.8 Å². The Hall–Kier alpha value is -2.55. The van der Waals surface area contributed by atoms with Gasteiger partial charge in [-0.3, -0.25) is 14.5 Å². The number of nitro groups is 1. The van der Waals surface area contributed by atoms with Crippen molar-refractivity contribution >= 4 is 33.6 Å². The summed E-state index contributed by atoms with van der Waals surface area (Å²) in [5, 5.41) is 14.5. The van der Waals surface area contributed by atoms with Crippen LogP contribution in [0.15, 0.2) is 34.9 Å². The Morgan fingerprint density at radius 3 is 2.23 bits per heavy atom. The summed E-state index contributed by atoms with van der Waals surface area (Å²) in [5.41, 5.74) is 0.750. The first-order chi connectivity index (χ1) is 10.5. The van der Waals surface area contributed by atoms with Gasteiger partial charge in [0.05, 0.1) is 35.5 Å². The molecular weight excluding hydrogens is 356 g/mol. The van der Waals surface area contributed by atoms with Crippen LogP contribution >= 0.6 is 15.9 Å². The van der Waals surface area contributed by atoms with E-state index in [0.717, 1.165) is 4.90 Å². The van der Waals surface area contributed by atoms with Gasteiger partial charge in [-0.25, -0.2) is 0 Å². The fraction of sp³-hybridized carbons (Fsp3) is 0.154. The molecule has 0 saturated heterocycles. The summed E-state index contributed by atoms with van der Waals surface area (Å²) in [7, 11) is 0. The smallest absolute Gasteiger partial charge is 0.358 e. The minimum absolute atomic E-state index is 0.0949. The lowest BCUT2D eigenvalue weighted by molar-refractivity contribution is -0.390. The molecule has 2 heterocycles. The van der Waals surface area contributed by atoms with E-state index in [4.69, 9.17) is 0 Å². The van der Waals surface area contributed by atoms with Gasteiger partial charge >= 0.3 is 5.82 Å². The van der Waals surface area contributed by atoms with E-state index in [9.17, 15) is 19.7 Å².